The van der Waals surface area contributed by atoms with Crippen LogP contribution in [0.25, 0.3) is 0 Å². The van der Waals surface area contributed by atoms with Crippen molar-refractivity contribution in [2.75, 3.05) is 11.5 Å². The molecule has 0 aliphatic carbocycles. The Morgan fingerprint density at radius 1 is 0.487 bits per heavy atom. The summed E-state index contributed by atoms with van der Waals surface area (Å²) in [5, 5.41) is 0. The first kappa shape index (κ1) is 36.4. The SMILES string of the molecule is CCC[CH2][Sn]([CH2]CCC)([CH2]CCC)[c]1s[c]([Sn]([CH2]CCC)([CH2]CCC)[CH2]CCC)c2c1S(=O)(=O)CCS2(=O)=O. The van der Waals surface area contributed by atoms with E-state index >= 15 is 0 Å². The van der Waals surface area contributed by atoms with Gasteiger partial charge in [0.1, 0.15) is 0 Å². The van der Waals surface area contributed by atoms with Gasteiger partial charge in [-0.15, -0.1) is 0 Å². The van der Waals surface area contributed by atoms with E-state index in [-0.39, 0.29) is 11.5 Å². The Kier molecular flexibility index (Phi) is 15.8. The number of hydrogen-bond acceptors (Lipinski definition) is 5. The molecular weight excluding hydrogens is 758 g/mol. The van der Waals surface area contributed by atoms with Gasteiger partial charge >= 0.3 is 257 Å². The Bertz CT molecular complexity index is 966. The molecule has 9 heteroatoms. The minimum atomic E-state index is -3.59. The first-order valence-corrected chi connectivity index (χ1v) is 35.3. The van der Waals surface area contributed by atoms with E-state index in [1.54, 1.807) is 0 Å². The van der Waals surface area contributed by atoms with Crippen LogP contribution >= 0.6 is 11.3 Å². The number of rotatable bonds is 20. The number of hydrogen-bond donors (Lipinski definition) is 0. The van der Waals surface area contributed by atoms with Gasteiger partial charge in [0, 0.05) is 0 Å². The van der Waals surface area contributed by atoms with E-state index in [1.165, 1.54) is 32.4 Å². The van der Waals surface area contributed by atoms with E-state index in [9.17, 15) is 16.8 Å². The molecule has 1 aliphatic heterocycles. The molecule has 0 saturated carbocycles. The summed E-state index contributed by atoms with van der Waals surface area (Å²) in [4.78, 5) is 0.775. The summed E-state index contributed by atoms with van der Waals surface area (Å²) in [6, 6.07) is 0. The summed E-state index contributed by atoms with van der Waals surface area (Å²) in [5.74, 6) is -0.436. The molecule has 0 saturated heterocycles. The van der Waals surface area contributed by atoms with E-state index in [2.05, 4.69) is 41.5 Å². The summed E-state index contributed by atoms with van der Waals surface area (Å²) in [6.07, 6.45) is 13.6. The maximum atomic E-state index is 14.0. The third-order valence-corrected chi connectivity index (χ3v) is 52.1. The first-order valence-electron chi connectivity index (χ1n) is 16.2. The zero-order valence-electron chi connectivity index (χ0n) is 26.0. The van der Waals surface area contributed by atoms with Gasteiger partial charge < -0.3 is 0 Å². The zero-order valence-corrected chi connectivity index (χ0v) is 34.2. The normalized spacial score (nSPS) is 16.9. The van der Waals surface area contributed by atoms with Gasteiger partial charge in [-0.25, -0.2) is 0 Å². The second kappa shape index (κ2) is 16.9. The molecule has 0 spiro atoms. The van der Waals surface area contributed by atoms with Crippen LogP contribution in [0, 0.1) is 0 Å². The van der Waals surface area contributed by atoms with E-state index in [1.807, 2.05) is 11.3 Å². The topological polar surface area (TPSA) is 68.3 Å². The van der Waals surface area contributed by atoms with E-state index in [0.29, 0.717) is 9.79 Å². The number of fused-ring (bicyclic) bond motifs is 1. The molecule has 0 aromatic carbocycles. The third kappa shape index (κ3) is 8.87. The van der Waals surface area contributed by atoms with Crippen LogP contribution in [-0.4, -0.2) is 65.1 Å². The van der Waals surface area contributed by atoms with Crippen LogP contribution in [0.5, 0.6) is 0 Å². The van der Waals surface area contributed by atoms with Crippen molar-refractivity contribution in [2.45, 2.75) is 155 Å². The van der Waals surface area contributed by atoms with Crippen LogP contribution in [0.3, 0.4) is 0 Å². The molecule has 0 N–H and O–H groups in total. The van der Waals surface area contributed by atoms with Gasteiger partial charge in [0.15, 0.2) is 0 Å². The maximum absolute atomic E-state index is 14.0. The van der Waals surface area contributed by atoms with E-state index < -0.39 is 56.4 Å². The van der Waals surface area contributed by atoms with Crippen LogP contribution in [0.1, 0.15) is 119 Å². The molecule has 2 heterocycles. The van der Waals surface area contributed by atoms with E-state index in [0.717, 1.165) is 77.0 Å². The van der Waals surface area contributed by atoms with Crippen LogP contribution in [-0.2, 0) is 19.7 Å². The van der Waals surface area contributed by atoms with Crippen molar-refractivity contribution in [3.63, 3.8) is 0 Å². The summed E-state index contributed by atoms with van der Waals surface area (Å²) in [6.45, 7) is 13.5. The first-order chi connectivity index (χ1) is 18.5. The minimum absolute atomic E-state index is 0.218. The molecule has 0 atom stereocenters. The zero-order chi connectivity index (χ0) is 29.2. The fourth-order valence-corrected chi connectivity index (χ4v) is 60.5. The molecule has 0 amide bonds. The Balaban J connectivity index is 3.05. The van der Waals surface area contributed by atoms with Crippen molar-refractivity contribution in [1.82, 2.24) is 0 Å². The van der Waals surface area contributed by atoms with Crippen molar-refractivity contribution in [1.29, 1.82) is 0 Å². The molecule has 0 fully saturated rings. The Morgan fingerprint density at radius 3 is 0.923 bits per heavy atom. The van der Waals surface area contributed by atoms with Crippen molar-refractivity contribution in [3.05, 3.63) is 0 Å². The fourth-order valence-electron chi connectivity index (χ4n) is 6.61. The van der Waals surface area contributed by atoms with Gasteiger partial charge in [0.05, 0.1) is 0 Å². The van der Waals surface area contributed by atoms with Crippen LogP contribution in [0.15, 0.2) is 9.79 Å². The van der Waals surface area contributed by atoms with Gasteiger partial charge in [0.25, 0.3) is 0 Å². The van der Waals surface area contributed by atoms with Gasteiger partial charge in [0.2, 0.25) is 0 Å². The van der Waals surface area contributed by atoms with Gasteiger partial charge in [-0.2, -0.15) is 0 Å². The van der Waals surface area contributed by atoms with Crippen molar-refractivity contribution in [2.24, 2.45) is 0 Å². The molecule has 0 radical (unpaired) electrons. The second-order valence-corrected chi connectivity index (χ2v) is 45.5. The summed E-state index contributed by atoms with van der Waals surface area (Å²) in [7, 11) is -7.17. The third-order valence-electron chi connectivity index (χ3n) is 9.08. The number of sulfone groups is 2. The number of thiophene rings is 1. The van der Waals surface area contributed by atoms with E-state index in [4.69, 9.17) is 0 Å². The summed E-state index contributed by atoms with van der Waals surface area (Å²) < 4.78 is 65.5. The molecule has 4 nitrogen and oxygen atoms in total. The van der Waals surface area contributed by atoms with Crippen LogP contribution in [0.4, 0.5) is 0 Å². The predicted octanol–water partition coefficient (Wildman–Crippen LogP) is 8.42. The predicted molar refractivity (Wildman–Crippen MR) is 177 cm³/mol. The van der Waals surface area contributed by atoms with Crippen LogP contribution in [0.2, 0.25) is 26.6 Å². The molecule has 1 aromatic heterocycles. The number of unbranched alkanes of at least 4 members (excludes halogenated alkanes) is 6. The standard InChI is InChI=1S/C6H4O4S3.6C4H9.2Sn/c7-12(8)1-2-13(9,10)6-4-11-3-5(6)12;6*1-3-4-2;;/h1-2H2;6*1,3-4H2,2H3;;. The molecule has 0 unspecified atom stereocenters. The Hall–Kier alpha value is 1.20. The van der Waals surface area contributed by atoms with Gasteiger partial charge in [-0.05, 0) is 0 Å². The Labute approximate surface area is 254 Å². The van der Waals surface area contributed by atoms with Gasteiger partial charge in [-0.3, -0.25) is 0 Å². The summed E-state index contributed by atoms with van der Waals surface area (Å²) >= 11 is -4.62. The monoisotopic (exact) mass is 818 g/mol. The van der Waals surface area contributed by atoms with Crippen molar-refractivity contribution in [3.8, 4) is 0 Å². The van der Waals surface area contributed by atoms with Crippen LogP contribution < -0.4 is 5.79 Å². The molecule has 39 heavy (non-hydrogen) atoms. The molecule has 1 aromatic rings. The quantitative estimate of drug-likeness (QED) is 0.124. The fraction of sp³-hybridized carbons (Fsp3) is 0.867. The molecule has 228 valence electrons. The van der Waals surface area contributed by atoms with Crippen molar-refractivity contribution < 1.29 is 16.8 Å². The molecule has 2 rings (SSSR count). The molecule has 0 bridgehead atoms. The molecule has 1 aliphatic rings. The average Bonchev–Trinajstić information content (AvgIpc) is 3.36. The summed E-state index contributed by atoms with van der Waals surface area (Å²) in [5.41, 5.74) is 0. The van der Waals surface area contributed by atoms with Crippen molar-refractivity contribution >= 4 is 73.6 Å². The second-order valence-electron chi connectivity index (χ2n) is 12.2. The molecular formula is C30H58O4S3Sn2. The average molecular weight is 816 g/mol. The van der Waals surface area contributed by atoms with Gasteiger partial charge in [-0.1, -0.05) is 0 Å². The Morgan fingerprint density at radius 2 is 0.718 bits per heavy atom.